The van der Waals surface area contributed by atoms with Gasteiger partial charge in [-0.25, -0.2) is 4.39 Å². The van der Waals surface area contributed by atoms with Crippen LogP contribution in [0.2, 0.25) is 0 Å². The van der Waals surface area contributed by atoms with Crippen LogP contribution in [0.4, 0.5) is 4.39 Å². The Morgan fingerprint density at radius 2 is 1.72 bits per heavy atom. The number of nitrogens with zero attached hydrogens (tertiary/aromatic N) is 2. The zero-order valence-electron chi connectivity index (χ0n) is 18.9. The number of carbonyl (C=O) groups is 1. The molecule has 1 saturated carbocycles. The number of halogens is 1. The Bertz CT molecular complexity index is 904. The number of hydrogen-bond donors (Lipinski definition) is 0. The summed E-state index contributed by atoms with van der Waals surface area (Å²) in [7, 11) is 1.65. The third-order valence-electron chi connectivity index (χ3n) is 6.66. The van der Waals surface area contributed by atoms with Crippen molar-refractivity contribution in [2.45, 2.75) is 44.7 Å². The molecule has 0 bridgehead atoms. The van der Waals surface area contributed by atoms with Gasteiger partial charge in [0.2, 0.25) is 5.91 Å². The van der Waals surface area contributed by atoms with E-state index in [9.17, 15) is 9.18 Å². The smallest absolute Gasteiger partial charge is 0.237 e. The molecule has 1 heterocycles. The van der Waals surface area contributed by atoms with E-state index in [4.69, 9.17) is 4.74 Å². The minimum Gasteiger partial charge on any atom is -0.497 e. The molecular formula is C27H33FN2O2. The summed E-state index contributed by atoms with van der Waals surface area (Å²) in [6.07, 6.45) is 10.8. The molecule has 1 amide bonds. The van der Waals surface area contributed by atoms with Crippen molar-refractivity contribution in [3.05, 3.63) is 77.6 Å². The highest BCUT2D eigenvalue weighted by Gasteiger charge is 2.28. The molecule has 1 aliphatic carbocycles. The molecule has 32 heavy (non-hydrogen) atoms. The highest BCUT2D eigenvalue weighted by molar-refractivity contribution is 5.79. The molecule has 2 aromatic carbocycles. The lowest BCUT2D eigenvalue weighted by Gasteiger charge is -2.36. The SMILES string of the molecule is COc1ccc(C2/C=C\CN(CC3CCCCC3)CC(=O)N2Cc2ccc(F)cc2)cc1. The second-order valence-electron chi connectivity index (χ2n) is 8.99. The van der Waals surface area contributed by atoms with Crippen molar-refractivity contribution in [1.29, 1.82) is 0 Å². The first kappa shape index (κ1) is 22.5. The minimum atomic E-state index is -0.266. The van der Waals surface area contributed by atoms with Crippen molar-refractivity contribution in [2.24, 2.45) is 5.92 Å². The van der Waals surface area contributed by atoms with Gasteiger partial charge in [0.15, 0.2) is 0 Å². The second-order valence-corrected chi connectivity index (χ2v) is 8.99. The number of amides is 1. The predicted octanol–water partition coefficient (Wildman–Crippen LogP) is 5.36. The Hall–Kier alpha value is -2.66. The van der Waals surface area contributed by atoms with Crippen molar-refractivity contribution in [1.82, 2.24) is 9.80 Å². The molecule has 170 valence electrons. The van der Waals surface area contributed by atoms with Gasteiger partial charge >= 0.3 is 0 Å². The first-order valence-corrected chi connectivity index (χ1v) is 11.7. The number of rotatable bonds is 6. The molecule has 1 aliphatic heterocycles. The number of hydrogen-bond acceptors (Lipinski definition) is 3. The first-order valence-electron chi connectivity index (χ1n) is 11.7. The van der Waals surface area contributed by atoms with Gasteiger partial charge in [0.1, 0.15) is 11.6 Å². The van der Waals surface area contributed by atoms with Crippen molar-refractivity contribution >= 4 is 5.91 Å². The highest BCUT2D eigenvalue weighted by Crippen LogP contribution is 2.29. The Morgan fingerprint density at radius 1 is 1.00 bits per heavy atom. The van der Waals surface area contributed by atoms with Crippen LogP contribution in [0, 0.1) is 11.7 Å². The number of methoxy groups -OCH3 is 1. The number of ether oxygens (including phenoxy) is 1. The fourth-order valence-corrected chi connectivity index (χ4v) is 4.88. The monoisotopic (exact) mass is 436 g/mol. The van der Waals surface area contributed by atoms with Gasteiger partial charge in [-0.05, 0) is 54.2 Å². The van der Waals surface area contributed by atoms with Gasteiger partial charge in [0, 0.05) is 19.6 Å². The zero-order chi connectivity index (χ0) is 22.3. The van der Waals surface area contributed by atoms with E-state index in [2.05, 4.69) is 17.1 Å². The fraction of sp³-hybridized carbons (Fsp3) is 0.444. The molecule has 0 spiro atoms. The number of benzene rings is 2. The Labute approximate surface area is 190 Å². The second kappa shape index (κ2) is 10.8. The largest absolute Gasteiger partial charge is 0.497 e. The summed E-state index contributed by atoms with van der Waals surface area (Å²) in [4.78, 5) is 17.8. The van der Waals surface area contributed by atoms with Crippen LogP contribution >= 0.6 is 0 Å². The predicted molar refractivity (Wildman–Crippen MR) is 125 cm³/mol. The maximum Gasteiger partial charge on any atom is 0.237 e. The van der Waals surface area contributed by atoms with Crippen molar-refractivity contribution in [2.75, 3.05) is 26.7 Å². The molecule has 1 fully saturated rings. The third-order valence-corrected chi connectivity index (χ3v) is 6.66. The van der Waals surface area contributed by atoms with Crippen molar-refractivity contribution in [3.63, 3.8) is 0 Å². The van der Waals surface area contributed by atoms with Gasteiger partial charge in [0.25, 0.3) is 0 Å². The van der Waals surface area contributed by atoms with Crippen LogP contribution in [0.1, 0.15) is 49.3 Å². The van der Waals surface area contributed by atoms with Crippen LogP contribution < -0.4 is 4.74 Å². The van der Waals surface area contributed by atoms with Crippen LogP contribution in [0.25, 0.3) is 0 Å². The van der Waals surface area contributed by atoms with Crippen LogP contribution in [0.15, 0.2) is 60.7 Å². The molecule has 4 rings (SSSR count). The lowest BCUT2D eigenvalue weighted by atomic mass is 9.89. The molecule has 0 N–H and O–H groups in total. The van der Waals surface area contributed by atoms with Crippen molar-refractivity contribution in [3.8, 4) is 5.75 Å². The summed E-state index contributed by atoms with van der Waals surface area (Å²) in [6.45, 7) is 2.62. The fourth-order valence-electron chi connectivity index (χ4n) is 4.88. The van der Waals surface area contributed by atoms with E-state index in [0.29, 0.717) is 19.0 Å². The lowest BCUT2D eigenvalue weighted by molar-refractivity contribution is -0.135. The molecular weight excluding hydrogens is 403 g/mol. The Balaban J connectivity index is 1.58. The summed E-state index contributed by atoms with van der Waals surface area (Å²) in [5, 5.41) is 0. The Kier molecular flexibility index (Phi) is 7.59. The highest BCUT2D eigenvalue weighted by atomic mass is 19.1. The summed E-state index contributed by atoms with van der Waals surface area (Å²) in [5.74, 6) is 1.32. The summed E-state index contributed by atoms with van der Waals surface area (Å²) in [6, 6.07) is 14.1. The summed E-state index contributed by atoms with van der Waals surface area (Å²) in [5.41, 5.74) is 1.96. The topological polar surface area (TPSA) is 32.8 Å². The van der Waals surface area contributed by atoms with Crippen LogP contribution in [0.5, 0.6) is 5.75 Å². The molecule has 0 aromatic heterocycles. The van der Waals surface area contributed by atoms with E-state index in [1.165, 1.54) is 44.2 Å². The molecule has 2 aromatic rings. The Morgan fingerprint density at radius 3 is 2.41 bits per heavy atom. The van der Waals surface area contributed by atoms with Crippen LogP contribution in [0.3, 0.4) is 0 Å². The first-order chi connectivity index (χ1) is 15.6. The molecule has 2 aliphatic rings. The van der Waals surface area contributed by atoms with Gasteiger partial charge in [-0.2, -0.15) is 0 Å². The third kappa shape index (κ3) is 5.77. The average molecular weight is 437 g/mol. The maximum absolute atomic E-state index is 13.5. The zero-order valence-corrected chi connectivity index (χ0v) is 18.9. The van der Waals surface area contributed by atoms with E-state index < -0.39 is 0 Å². The standard InChI is InChI=1S/C27H33FN2O2/c1-32-25-15-11-23(12-16-25)26-8-5-17-29(18-21-6-3-2-4-7-21)20-27(31)30(26)19-22-9-13-24(28)14-10-22/h5,8-16,21,26H,2-4,6-7,17-20H2,1H3/b8-5-. The lowest BCUT2D eigenvalue weighted by Crippen LogP contribution is -2.44. The van der Waals surface area contributed by atoms with Crippen LogP contribution in [-0.4, -0.2) is 42.5 Å². The van der Waals surface area contributed by atoms with E-state index in [0.717, 1.165) is 30.0 Å². The van der Waals surface area contributed by atoms with Gasteiger partial charge < -0.3 is 9.64 Å². The quantitative estimate of drug-likeness (QED) is 0.572. The molecule has 4 nitrogen and oxygen atoms in total. The van der Waals surface area contributed by atoms with E-state index >= 15 is 0 Å². The molecule has 5 heteroatoms. The normalized spacial score (nSPS) is 21.8. The summed E-state index contributed by atoms with van der Waals surface area (Å²) < 4.78 is 18.7. The van der Waals surface area contributed by atoms with Gasteiger partial charge in [-0.3, -0.25) is 9.69 Å². The van der Waals surface area contributed by atoms with Gasteiger partial charge in [0.05, 0.1) is 19.7 Å². The van der Waals surface area contributed by atoms with Gasteiger partial charge in [-0.1, -0.05) is 55.7 Å². The van der Waals surface area contributed by atoms with Crippen LogP contribution in [-0.2, 0) is 11.3 Å². The number of carbonyl (C=O) groups excluding carboxylic acids is 1. The summed E-state index contributed by atoms with van der Waals surface area (Å²) >= 11 is 0. The molecule has 0 saturated heterocycles. The average Bonchev–Trinajstić information content (AvgIpc) is 2.81. The molecule has 1 unspecified atom stereocenters. The molecule has 1 atom stereocenters. The van der Waals surface area contributed by atoms with Gasteiger partial charge in [-0.15, -0.1) is 0 Å². The van der Waals surface area contributed by atoms with Crippen molar-refractivity contribution < 1.29 is 13.9 Å². The van der Waals surface area contributed by atoms with E-state index in [1.54, 1.807) is 19.2 Å². The van der Waals surface area contributed by atoms with E-state index in [-0.39, 0.29) is 17.8 Å². The molecule has 0 radical (unpaired) electrons. The maximum atomic E-state index is 13.5. The minimum absolute atomic E-state index is 0.107. The van der Waals surface area contributed by atoms with E-state index in [1.807, 2.05) is 29.2 Å².